The molecule has 3 rings (SSSR count). The van der Waals surface area contributed by atoms with Gasteiger partial charge in [0.1, 0.15) is 34.7 Å². The number of rotatable bonds is 10. The van der Waals surface area contributed by atoms with Crippen LogP contribution in [0.1, 0.15) is 40.0 Å². The Kier molecular flexibility index (Phi) is 9.63. The van der Waals surface area contributed by atoms with E-state index in [0.717, 1.165) is 0 Å². The van der Waals surface area contributed by atoms with E-state index >= 15 is 4.39 Å². The fourth-order valence-electron chi connectivity index (χ4n) is 3.78. The van der Waals surface area contributed by atoms with Gasteiger partial charge in [-0.2, -0.15) is 9.97 Å². The van der Waals surface area contributed by atoms with Crippen molar-refractivity contribution >= 4 is 50.3 Å². The van der Waals surface area contributed by atoms with E-state index in [1.165, 1.54) is 4.90 Å². The molecule has 1 unspecified atom stereocenters. The Morgan fingerprint density at radius 3 is 2.73 bits per heavy atom. The van der Waals surface area contributed by atoms with Crippen molar-refractivity contribution in [1.82, 2.24) is 14.9 Å². The summed E-state index contributed by atoms with van der Waals surface area (Å²) in [6.45, 7) is 14.9. The summed E-state index contributed by atoms with van der Waals surface area (Å²) in [5.41, 5.74) is -0.553. The lowest BCUT2D eigenvalue weighted by atomic mass is 10.1. The van der Waals surface area contributed by atoms with E-state index < -0.39 is 23.6 Å². The first kappa shape index (κ1) is 29.0. The number of benzene rings is 1. The van der Waals surface area contributed by atoms with Crippen LogP contribution in [0.2, 0.25) is 5.02 Å². The van der Waals surface area contributed by atoms with E-state index in [9.17, 15) is 4.79 Å². The van der Waals surface area contributed by atoms with Crippen molar-refractivity contribution in [3.05, 3.63) is 40.6 Å². The molecule has 0 N–H and O–H groups in total. The number of aromatic nitrogens is 2. The zero-order valence-corrected chi connectivity index (χ0v) is 24.0. The molecule has 202 valence electrons. The highest BCUT2D eigenvalue weighted by Crippen LogP contribution is 2.46. The maximum absolute atomic E-state index is 15.4. The Bertz CT molecular complexity index is 1170. The lowest BCUT2D eigenvalue weighted by Gasteiger charge is -2.26. The van der Waals surface area contributed by atoms with Gasteiger partial charge in [0.15, 0.2) is 11.6 Å². The Labute approximate surface area is 230 Å². The second-order valence-electron chi connectivity index (χ2n) is 9.69. The first-order valence-electron chi connectivity index (χ1n) is 12.0. The molecule has 1 aromatic carbocycles. The van der Waals surface area contributed by atoms with E-state index in [4.69, 9.17) is 25.8 Å². The molecule has 1 atom stereocenters. The molecule has 0 saturated carbocycles. The van der Waals surface area contributed by atoms with E-state index in [1.54, 1.807) is 19.2 Å². The van der Waals surface area contributed by atoms with E-state index in [2.05, 4.69) is 39.1 Å². The standard InChI is InChI=1S/C26H33BrClFN4O4/c1-7-9-12-33-14-15-35-22-17-21(20(29)18(27)19(22)28)30-24(31-23(17)33)36-16(10-8-2)11-13-32(6)25(34)37-26(3,4)5/h7-8,16H,1-2,9-15H2,3-6H3. The number of hydrogen-bond donors (Lipinski definition) is 0. The summed E-state index contributed by atoms with van der Waals surface area (Å²) in [5, 5.41) is 0.522. The fourth-order valence-corrected chi connectivity index (χ4v) is 4.38. The molecular weight excluding hydrogens is 567 g/mol. The van der Waals surface area contributed by atoms with E-state index in [1.807, 2.05) is 25.7 Å². The summed E-state index contributed by atoms with van der Waals surface area (Å²) in [4.78, 5) is 24.9. The summed E-state index contributed by atoms with van der Waals surface area (Å²) in [6, 6.07) is 0.0128. The number of nitrogens with zero attached hydrogens (tertiary/aromatic N) is 4. The Hall–Kier alpha value is -2.59. The number of carbonyl (C=O) groups excluding carboxylic acids is 1. The third-order valence-electron chi connectivity index (χ3n) is 5.59. The Morgan fingerprint density at radius 1 is 1.35 bits per heavy atom. The molecule has 1 amide bonds. The average molecular weight is 600 g/mol. The number of carbonyl (C=O) groups is 1. The van der Waals surface area contributed by atoms with Crippen molar-refractivity contribution in [3.63, 3.8) is 0 Å². The molecule has 0 radical (unpaired) electrons. The van der Waals surface area contributed by atoms with Crippen LogP contribution >= 0.6 is 27.5 Å². The summed E-state index contributed by atoms with van der Waals surface area (Å²) in [5.74, 6) is 0.177. The third-order valence-corrected chi connectivity index (χ3v) is 6.93. The molecule has 1 aliphatic rings. The van der Waals surface area contributed by atoms with Crippen molar-refractivity contribution in [3.8, 4) is 11.8 Å². The van der Waals surface area contributed by atoms with Gasteiger partial charge in [0.2, 0.25) is 0 Å². The summed E-state index contributed by atoms with van der Waals surface area (Å²) in [6.07, 6.45) is 4.31. The third kappa shape index (κ3) is 7.04. The van der Waals surface area contributed by atoms with Crippen LogP contribution < -0.4 is 14.4 Å². The van der Waals surface area contributed by atoms with Crippen LogP contribution in [0.15, 0.2) is 29.8 Å². The van der Waals surface area contributed by atoms with Crippen molar-refractivity contribution in [2.45, 2.75) is 51.7 Å². The van der Waals surface area contributed by atoms with Gasteiger partial charge in [-0.3, -0.25) is 0 Å². The SMILES string of the molecule is C=CCCN1CCOc2c(Cl)c(Br)c(F)c3nc(OC(CC=C)CCN(C)C(=O)OC(C)(C)C)nc1c23. The van der Waals surface area contributed by atoms with Gasteiger partial charge >= 0.3 is 12.1 Å². The number of ether oxygens (including phenoxy) is 3. The monoisotopic (exact) mass is 598 g/mol. The first-order valence-corrected chi connectivity index (χ1v) is 13.2. The topological polar surface area (TPSA) is 77.0 Å². The van der Waals surface area contributed by atoms with Gasteiger partial charge in [-0.1, -0.05) is 23.8 Å². The van der Waals surface area contributed by atoms with Crippen LogP contribution in [0, 0.1) is 5.82 Å². The quantitative estimate of drug-likeness (QED) is 0.227. The van der Waals surface area contributed by atoms with Gasteiger partial charge in [0.25, 0.3) is 0 Å². The van der Waals surface area contributed by atoms with Gasteiger partial charge < -0.3 is 24.0 Å². The molecule has 2 heterocycles. The van der Waals surface area contributed by atoms with Gasteiger partial charge in [-0.05, 0) is 43.1 Å². The van der Waals surface area contributed by atoms with Crippen molar-refractivity contribution in [2.75, 3.05) is 38.2 Å². The number of halogens is 3. The van der Waals surface area contributed by atoms with E-state index in [0.29, 0.717) is 62.5 Å². The molecule has 1 aliphatic heterocycles. The molecule has 2 aromatic rings. The molecular formula is C26H33BrClFN4O4. The highest BCUT2D eigenvalue weighted by atomic mass is 79.9. The zero-order valence-electron chi connectivity index (χ0n) is 21.7. The summed E-state index contributed by atoms with van der Waals surface area (Å²) in [7, 11) is 1.66. The zero-order chi connectivity index (χ0) is 27.3. The molecule has 0 aliphatic carbocycles. The number of hydrogen-bond acceptors (Lipinski definition) is 7. The Morgan fingerprint density at radius 2 is 2.08 bits per heavy atom. The molecule has 0 spiro atoms. The van der Waals surface area contributed by atoms with Gasteiger partial charge in [-0.25, -0.2) is 9.18 Å². The molecule has 1 aromatic heterocycles. The van der Waals surface area contributed by atoms with Crippen LogP contribution in [0.3, 0.4) is 0 Å². The lowest BCUT2D eigenvalue weighted by molar-refractivity contribution is 0.0278. The first-order chi connectivity index (χ1) is 17.5. The van der Waals surface area contributed by atoms with Crippen LogP contribution in [-0.4, -0.2) is 66.0 Å². The van der Waals surface area contributed by atoms with Crippen molar-refractivity contribution in [1.29, 1.82) is 0 Å². The highest BCUT2D eigenvalue weighted by Gasteiger charge is 2.29. The van der Waals surface area contributed by atoms with Crippen LogP contribution in [-0.2, 0) is 4.74 Å². The lowest BCUT2D eigenvalue weighted by Crippen LogP contribution is -2.36. The van der Waals surface area contributed by atoms with Crippen molar-refractivity contribution in [2.24, 2.45) is 0 Å². The molecule has 37 heavy (non-hydrogen) atoms. The molecule has 0 fully saturated rings. The van der Waals surface area contributed by atoms with Gasteiger partial charge in [0.05, 0.1) is 16.4 Å². The molecule has 11 heteroatoms. The minimum absolute atomic E-state index is 0.0128. The number of amides is 1. The molecule has 0 saturated heterocycles. The second kappa shape index (κ2) is 12.3. The predicted molar refractivity (Wildman–Crippen MR) is 147 cm³/mol. The van der Waals surface area contributed by atoms with Crippen LogP contribution in [0.5, 0.6) is 11.8 Å². The summed E-state index contributed by atoms with van der Waals surface area (Å²) >= 11 is 9.64. The van der Waals surface area contributed by atoms with Gasteiger partial charge in [0, 0.05) is 33.0 Å². The molecule has 0 bridgehead atoms. The van der Waals surface area contributed by atoms with E-state index in [-0.39, 0.29) is 21.0 Å². The predicted octanol–water partition coefficient (Wildman–Crippen LogP) is 6.54. The van der Waals surface area contributed by atoms with Gasteiger partial charge in [-0.15, -0.1) is 13.2 Å². The summed E-state index contributed by atoms with van der Waals surface area (Å²) < 4.78 is 32.9. The smallest absolute Gasteiger partial charge is 0.410 e. The minimum Gasteiger partial charge on any atom is -0.489 e. The minimum atomic E-state index is -0.628. The Balaban J connectivity index is 1.95. The maximum atomic E-state index is 15.4. The maximum Gasteiger partial charge on any atom is 0.410 e. The fraction of sp³-hybridized carbons (Fsp3) is 0.500. The largest absolute Gasteiger partial charge is 0.489 e. The van der Waals surface area contributed by atoms with Crippen LogP contribution in [0.4, 0.5) is 15.0 Å². The van der Waals surface area contributed by atoms with Crippen molar-refractivity contribution < 1.29 is 23.4 Å². The van der Waals surface area contributed by atoms with Crippen LogP contribution in [0.25, 0.3) is 10.9 Å². The average Bonchev–Trinajstić information content (AvgIpc) is 3.01. The molecule has 8 nitrogen and oxygen atoms in total. The second-order valence-corrected chi connectivity index (χ2v) is 10.9. The highest BCUT2D eigenvalue weighted by molar-refractivity contribution is 9.10. The normalized spacial score (nSPS) is 14.0. The number of anilines is 1.